The third kappa shape index (κ3) is 3.86. The monoisotopic (exact) mass is 384 g/mol. The molecule has 2 aliphatic rings. The van der Waals surface area contributed by atoms with Gasteiger partial charge in [0.1, 0.15) is 5.75 Å². The van der Waals surface area contributed by atoms with Crippen molar-refractivity contribution in [3.8, 4) is 5.75 Å². The molecule has 1 N–H and O–H groups in total. The van der Waals surface area contributed by atoms with E-state index in [0.29, 0.717) is 6.42 Å². The maximum atomic E-state index is 12.7. The molecule has 5 nitrogen and oxygen atoms in total. The van der Waals surface area contributed by atoms with Gasteiger partial charge in [-0.3, -0.25) is 9.59 Å². The third-order valence-electron chi connectivity index (χ3n) is 5.39. The Kier molecular flexibility index (Phi) is 5.16. The second-order valence-corrected chi connectivity index (χ2v) is 8.36. The Bertz CT molecular complexity index is 855. The summed E-state index contributed by atoms with van der Waals surface area (Å²) in [6, 6.07) is 9.43. The van der Waals surface area contributed by atoms with Gasteiger partial charge in [-0.25, -0.2) is 0 Å². The van der Waals surface area contributed by atoms with E-state index in [1.807, 2.05) is 35.2 Å². The number of thiophene rings is 1. The van der Waals surface area contributed by atoms with Gasteiger partial charge in [-0.2, -0.15) is 0 Å². The minimum absolute atomic E-state index is 0.0347. The summed E-state index contributed by atoms with van der Waals surface area (Å²) in [6.45, 7) is 1.74. The fourth-order valence-corrected chi connectivity index (χ4v) is 5.05. The van der Waals surface area contributed by atoms with Gasteiger partial charge in [-0.05, 0) is 55.9 Å². The van der Waals surface area contributed by atoms with Gasteiger partial charge in [-0.1, -0.05) is 6.07 Å². The normalized spacial score (nSPS) is 18.9. The number of hydrogen-bond acceptors (Lipinski definition) is 4. The molecule has 1 aromatic heterocycles. The van der Waals surface area contributed by atoms with Crippen LogP contribution in [0.1, 0.15) is 39.4 Å². The summed E-state index contributed by atoms with van der Waals surface area (Å²) in [5.74, 6) is 0.853. The lowest BCUT2D eigenvalue weighted by molar-refractivity contribution is -0.120. The first-order valence-corrected chi connectivity index (χ1v) is 10.3. The Morgan fingerprint density at radius 1 is 1.22 bits per heavy atom. The predicted octanol–water partition coefficient (Wildman–Crippen LogP) is 3.74. The van der Waals surface area contributed by atoms with Crippen molar-refractivity contribution in [3.05, 3.63) is 45.6 Å². The maximum absolute atomic E-state index is 12.7. The van der Waals surface area contributed by atoms with Crippen molar-refractivity contribution in [1.29, 1.82) is 0 Å². The van der Waals surface area contributed by atoms with E-state index in [4.69, 9.17) is 4.74 Å². The Morgan fingerprint density at radius 3 is 2.81 bits per heavy atom. The van der Waals surface area contributed by atoms with E-state index in [1.54, 1.807) is 18.4 Å². The average Bonchev–Trinajstić information content (AvgIpc) is 3.36. The zero-order valence-electron chi connectivity index (χ0n) is 15.5. The van der Waals surface area contributed by atoms with Crippen molar-refractivity contribution >= 4 is 28.8 Å². The van der Waals surface area contributed by atoms with Crippen LogP contribution in [0.2, 0.25) is 0 Å². The molecule has 27 heavy (non-hydrogen) atoms. The molecule has 1 aliphatic carbocycles. The van der Waals surface area contributed by atoms with Crippen LogP contribution in [0.25, 0.3) is 0 Å². The number of fused-ring (bicyclic) bond motifs is 1. The van der Waals surface area contributed by atoms with Gasteiger partial charge < -0.3 is 15.0 Å². The molecule has 1 fully saturated rings. The number of nitrogens with zero attached hydrogens (tertiary/aromatic N) is 1. The Hall–Kier alpha value is -2.34. The van der Waals surface area contributed by atoms with Crippen molar-refractivity contribution in [1.82, 2.24) is 4.90 Å². The average molecular weight is 385 g/mol. The summed E-state index contributed by atoms with van der Waals surface area (Å²) >= 11 is 1.61. The lowest BCUT2D eigenvalue weighted by atomic mass is 9.87. The highest BCUT2D eigenvalue weighted by Crippen LogP contribution is 2.34. The van der Waals surface area contributed by atoms with Gasteiger partial charge >= 0.3 is 0 Å². The maximum Gasteiger partial charge on any atom is 0.263 e. The van der Waals surface area contributed by atoms with Crippen LogP contribution in [0.3, 0.4) is 0 Å². The van der Waals surface area contributed by atoms with Crippen molar-refractivity contribution < 1.29 is 14.3 Å². The lowest BCUT2D eigenvalue weighted by Crippen LogP contribution is -2.27. The van der Waals surface area contributed by atoms with E-state index in [1.165, 1.54) is 10.4 Å². The molecule has 0 saturated carbocycles. The van der Waals surface area contributed by atoms with Crippen LogP contribution < -0.4 is 10.1 Å². The highest BCUT2D eigenvalue weighted by Gasteiger charge is 2.29. The molecule has 1 atom stereocenters. The van der Waals surface area contributed by atoms with Crippen LogP contribution in [-0.2, 0) is 17.6 Å². The summed E-state index contributed by atoms with van der Waals surface area (Å²) in [7, 11) is 1.61. The molecule has 1 saturated heterocycles. The van der Waals surface area contributed by atoms with E-state index in [2.05, 4.69) is 5.32 Å². The minimum atomic E-state index is -0.0620. The summed E-state index contributed by atoms with van der Waals surface area (Å²) in [5.41, 5.74) is 1.92. The number of nitrogens with one attached hydrogen (secondary N) is 1. The molecular formula is C21H24N2O3S. The van der Waals surface area contributed by atoms with Crippen molar-refractivity contribution in [3.63, 3.8) is 0 Å². The smallest absolute Gasteiger partial charge is 0.263 e. The Morgan fingerprint density at radius 2 is 2.04 bits per heavy atom. The number of likely N-dealkylation sites (tertiary alicyclic amines) is 1. The van der Waals surface area contributed by atoms with Gasteiger partial charge in [0.2, 0.25) is 5.91 Å². The van der Waals surface area contributed by atoms with E-state index in [-0.39, 0.29) is 17.7 Å². The molecule has 2 aromatic rings. The zero-order valence-corrected chi connectivity index (χ0v) is 16.3. The van der Waals surface area contributed by atoms with Crippen LogP contribution in [0.4, 0.5) is 5.69 Å². The largest absolute Gasteiger partial charge is 0.497 e. The number of rotatable bonds is 4. The summed E-state index contributed by atoms with van der Waals surface area (Å²) in [6.07, 6.45) is 4.59. The quantitative estimate of drug-likeness (QED) is 0.874. The minimum Gasteiger partial charge on any atom is -0.497 e. The molecule has 0 radical (unpaired) electrons. The van der Waals surface area contributed by atoms with Crippen LogP contribution >= 0.6 is 11.3 Å². The summed E-state index contributed by atoms with van der Waals surface area (Å²) in [5, 5.41) is 3.00. The lowest BCUT2D eigenvalue weighted by Gasteiger charge is -2.21. The Balaban J connectivity index is 1.43. The van der Waals surface area contributed by atoms with Crippen molar-refractivity contribution in [2.24, 2.45) is 5.92 Å². The molecule has 0 bridgehead atoms. The number of anilines is 1. The van der Waals surface area contributed by atoms with Crippen LogP contribution in [0.5, 0.6) is 5.75 Å². The van der Waals surface area contributed by atoms with Crippen LogP contribution in [-0.4, -0.2) is 36.9 Å². The fraction of sp³-hybridized carbons (Fsp3) is 0.429. The molecule has 1 unspecified atom stereocenters. The number of benzene rings is 1. The van der Waals surface area contributed by atoms with E-state index in [0.717, 1.165) is 55.1 Å². The van der Waals surface area contributed by atoms with Gasteiger partial charge in [-0.15, -0.1) is 11.3 Å². The SMILES string of the molecule is COc1cccc(NC(=O)C2CCc3sc(C(=O)N4CCCC4)cc3C2)c1. The van der Waals surface area contributed by atoms with Gasteiger partial charge in [0.05, 0.1) is 12.0 Å². The molecule has 2 amide bonds. The fourth-order valence-electron chi connectivity index (χ4n) is 3.87. The summed E-state index contributed by atoms with van der Waals surface area (Å²) in [4.78, 5) is 29.4. The van der Waals surface area contributed by atoms with E-state index >= 15 is 0 Å². The molecule has 142 valence electrons. The molecule has 2 heterocycles. The van der Waals surface area contributed by atoms with Gasteiger partial charge in [0, 0.05) is 35.6 Å². The predicted molar refractivity (Wildman–Crippen MR) is 107 cm³/mol. The number of methoxy groups -OCH3 is 1. The Labute approximate surface area is 163 Å². The number of hydrogen-bond donors (Lipinski definition) is 1. The first-order valence-electron chi connectivity index (χ1n) is 9.50. The number of amides is 2. The van der Waals surface area contributed by atoms with Crippen molar-refractivity contribution in [2.45, 2.75) is 32.1 Å². The number of ether oxygens (including phenoxy) is 1. The zero-order chi connectivity index (χ0) is 18.8. The summed E-state index contributed by atoms with van der Waals surface area (Å²) < 4.78 is 5.21. The van der Waals surface area contributed by atoms with Gasteiger partial charge in [0.15, 0.2) is 0 Å². The van der Waals surface area contributed by atoms with Crippen LogP contribution in [0, 0.1) is 5.92 Å². The highest BCUT2D eigenvalue weighted by atomic mass is 32.1. The topological polar surface area (TPSA) is 58.6 Å². The van der Waals surface area contributed by atoms with E-state index < -0.39 is 0 Å². The second-order valence-electron chi connectivity index (χ2n) is 7.22. The molecule has 6 heteroatoms. The number of carbonyl (C=O) groups excluding carboxylic acids is 2. The molecule has 4 rings (SSSR count). The highest BCUT2D eigenvalue weighted by molar-refractivity contribution is 7.14. The van der Waals surface area contributed by atoms with Crippen LogP contribution in [0.15, 0.2) is 30.3 Å². The number of aryl methyl sites for hydroxylation is 1. The van der Waals surface area contributed by atoms with Gasteiger partial charge in [0.25, 0.3) is 5.91 Å². The number of carbonyl (C=O) groups is 2. The van der Waals surface area contributed by atoms with E-state index in [9.17, 15) is 9.59 Å². The molecule has 1 aliphatic heterocycles. The first-order chi connectivity index (χ1) is 13.1. The molecule has 0 spiro atoms. The second kappa shape index (κ2) is 7.72. The first kappa shape index (κ1) is 18.0. The van der Waals surface area contributed by atoms with Crippen molar-refractivity contribution in [2.75, 3.05) is 25.5 Å². The molecule has 1 aromatic carbocycles. The molecular weight excluding hydrogens is 360 g/mol. The standard InChI is InChI=1S/C21H24N2O3S/c1-26-17-6-4-5-16(13-17)22-20(24)14-7-8-18-15(11-14)12-19(27-18)21(25)23-9-2-3-10-23/h4-6,12-14H,2-3,7-11H2,1H3,(H,22,24). The third-order valence-corrected chi connectivity index (χ3v) is 6.62.